The minimum atomic E-state index is 0.294. The summed E-state index contributed by atoms with van der Waals surface area (Å²) in [5.74, 6) is 1.53. The zero-order chi connectivity index (χ0) is 13.1. The Morgan fingerprint density at radius 1 is 1.33 bits per heavy atom. The molecule has 6 heteroatoms. The number of halogens is 1. The minimum Gasteiger partial charge on any atom is -0.396 e. The first-order valence-electron chi connectivity index (χ1n) is 6.27. The van der Waals surface area contributed by atoms with E-state index in [0.29, 0.717) is 24.5 Å². The maximum atomic E-state index is 9.12. The summed E-state index contributed by atoms with van der Waals surface area (Å²) in [6, 6.07) is 0.401. The van der Waals surface area contributed by atoms with Gasteiger partial charge in [0, 0.05) is 12.6 Å². The topological polar surface area (TPSA) is 84.1 Å². The van der Waals surface area contributed by atoms with E-state index in [2.05, 4.69) is 31.2 Å². The molecule has 0 radical (unpaired) electrons. The molecule has 2 rings (SSSR count). The van der Waals surface area contributed by atoms with Gasteiger partial charge in [-0.05, 0) is 54.5 Å². The summed E-state index contributed by atoms with van der Waals surface area (Å²) in [7, 11) is 0. The van der Waals surface area contributed by atoms with Crippen LogP contribution in [0.25, 0.3) is 0 Å². The number of nitrogens with two attached hydrogens (primary N) is 1. The predicted molar refractivity (Wildman–Crippen MR) is 75.3 cm³/mol. The van der Waals surface area contributed by atoms with Crippen LogP contribution in [0, 0.1) is 12.8 Å². The first kappa shape index (κ1) is 13.5. The van der Waals surface area contributed by atoms with Gasteiger partial charge in [-0.1, -0.05) is 0 Å². The zero-order valence-corrected chi connectivity index (χ0v) is 12.1. The third-order valence-corrected chi connectivity index (χ3v) is 4.43. The first-order chi connectivity index (χ1) is 8.60. The monoisotopic (exact) mass is 314 g/mol. The highest BCUT2D eigenvalue weighted by Gasteiger charge is 2.21. The summed E-state index contributed by atoms with van der Waals surface area (Å²) < 4.78 is 0.876. The highest BCUT2D eigenvalue weighted by molar-refractivity contribution is 9.10. The fourth-order valence-electron chi connectivity index (χ4n) is 2.36. The second-order valence-corrected chi connectivity index (χ2v) is 5.67. The Morgan fingerprint density at radius 2 is 2.00 bits per heavy atom. The number of aliphatic hydroxyl groups is 1. The van der Waals surface area contributed by atoms with Crippen LogP contribution in [0.5, 0.6) is 0 Å². The van der Waals surface area contributed by atoms with Gasteiger partial charge < -0.3 is 16.2 Å². The summed E-state index contributed by atoms with van der Waals surface area (Å²) in [6.07, 6.45) is 4.23. The van der Waals surface area contributed by atoms with Crippen molar-refractivity contribution in [1.82, 2.24) is 9.97 Å². The van der Waals surface area contributed by atoms with Gasteiger partial charge in [-0.3, -0.25) is 0 Å². The molecule has 1 aromatic rings. The highest BCUT2D eigenvalue weighted by atomic mass is 79.9. The second kappa shape index (κ2) is 5.84. The van der Waals surface area contributed by atoms with E-state index in [-0.39, 0.29) is 0 Å². The van der Waals surface area contributed by atoms with Crippen LogP contribution in [-0.2, 0) is 0 Å². The van der Waals surface area contributed by atoms with E-state index < -0.39 is 0 Å². The maximum absolute atomic E-state index is 9.12. The van der Waals surface area contributed by atoms with Crippen LogP contribution < -0.4 is 11.1 Å². The van der Waals surface area contributed by atoms with E-state index in [1.54, 1.807) is 0 Å². The SMILES string of the molecule is Cc1nc(N)nc(NC2CCC(CO)CC2)c1Br. The Morgan fingerprint density at radius 3 is 2.61 bits per heavy atom. The van der Waals surface area contributed by atoms with Crippen molar-refractivity contribution in [3.05, 3.63) is 10.2 Å². The Bertz CT molecular complexity index is 419. The first-order valence-corrected chi connectivity index (χ1v) is 7.06. The summed E-state index contributed by atoms with van der Waals surface area (Å²) in [5.41, 5.74) is 6.50. The van der Waals surface area contributed by atoms with Crippen molar-refractivity contribution >= 4 is 27.7 Å². The largest absolute Gasteiger partial charge is 0.396 e. The highest BCUT2D eigenvalue weighted by Crippen LogP contribution is 2.29. The molecular formula is C12H19BrN4O. The lowest BCUT2D eigenvalue weighted by Crippen LogP contribution is -2.28. The van der Waals surface area contributed by atoms with Gasteiger partial charge >= 0.3 is 0 Å². The van der Waals surface area contributed by atoms with Gasteiger partial charge in [0.2, 0.25) is 5.95 Å². The molecule has 1 fully saturated rings. The molecule has 1 heterocycles. The predicted octanol–water partition coefficient (Wildman–Crippen LogP) is 2.09. The van der Waals surface area contributed by atoms with E-state index in [0.717, 1.165) is 41.7 Å². The molecule has 100 valence electrons. The molecule has 1 saturated carbocycles. The van der Waals surface area contributed by atoms with Gasteiger partial charge in [0.25, 0.3) is 0 Å². The number of rotatable bonds is 3. The Kier molecular flexibility index (Phi) is 4.40. The van der Waals surface area contributed by atoms with E-state index in [1.807, 2.05) is 6.92 Å². The molecule has 1 aliphatic rings. The molecule has 18 heavy (non-hydrogen) atoms. The second-order valence-electron chi connectivity index (χ2n) is 4.87. The number of aryl methyl sites for hydroxylation is 1. The van der Waals surface area contributed by atoms with Gasteiger partial charge in [0.15, 0.2) is 0 Å². The molecule has 0 unspecified atom stereocenters. The maximum Gasteiger partial charge on any atom is 0.222 e. The summed E-state index contributed by atoms with van der Waals surface area (Å²) in [4.78, 5) is 8.33. The number of aliphatic hydroxyl groups excluding tert-OH is 1. The van der Waals surface area contributed by atoms with Crippen molar-refractivity contribution in [3.63, 3.8) is 0 Å². The van der Waals surface area contributed by atoms with Crippen molar-refractivity contribution in [2.45, 2.75) is 38.6 Å². The molecule has 0 aliphatic heterocycles. The normalized spacial score (nSPS) is 23.9. The zero-order valence-electron chi connectivity index (χ0n) is 10.5. The third kappa shape index (κ3) is 3.11. The quantitative estimate of drug-likeness (QED) is 0.795. The molecule has 0 amide bonds. The average Bonchev–Trinajstić information content (AvgIpc) is 2.36. The number of nitrogens with zero attached hydrogens (tertiary/aromatic N) is 2. The van der Waals surface area contributed by atoms with Gasteiger partial charge in [0.05, 0.1) is 10.2 Å². The smallest absolute Gasteiger partial charge is 0.222 e. The van der Waals surface area contributed by atoms with Crippen LogP contribution in [0.1, 0.15) is 31.4 Å². The van der Waals surface area contributed by atoms with E-state index in [4.69, 9.17) is 10.8 Å². The lowest BCUT2D eigenvalue weighted by Gasteiger charge is -2.28. The Labute approximate surface area is 115 Å². The van der Waals surface area contributed by atoms with Crippen molar-refractivity contribution in [1.29, 1.82) is 0 Å². The van der Waals surface area contributed by atoms with Gasteiger partial charge in [-0.2, -0.15) is 4.98 Å². The van der Waals surface area contributed by atoms with Crippen LogP contribution in [0.4, 0.5) is 11.8 Å². The van der Waals surface area contributed by atoms with Gasteiger partial charge in [0.1, 0.15) is 5.82 Å². The number of hydrogen-bond acceptors (Lipinski definition) is 5. The Balaban J connectivity index is 2.02. The number of hydrogen-bond donors (Lipinski definition) is 3. The summed E-state index contributed by atoms with van der Waals surface area (Å²) in [5, 5.41) is 12.5. The van der Waals surface area contributed by atoms with Crippen molar-refractivity contribution in [2.24, 2.45) is 5.92 Å². The van der Waals surface area contributed by atoms with E-state index in [1.165, 1.54) is 0 Å². The summed E-state index contributed by atoms with van der Waals surface area (Å²) >= 11 is 3.48. The molecule has 4 N–H and O–H groups in total. The van der Waals surface area contributed by atoms with Crippen LogP contribution in [-0.4, -0.2) is 27.7 Å². The number of aromatic nitrogens is 2. The van der Waals surface area contributed by atoms with Crippen LogP contribution in [0.15, 0.2) is 4.47 Å². The molecule has 0 saturated heterocycles. The fraction of sp³-hybridized carbons (Fsp3) is 0.667. The van der Waals surface area contributed by atoms with Gasteiger partial charge in [-0.15, -0.1) is 0 Å². The van der Waals surface area contributed by atoms with Crippen LogP contribution >= 0.6 is 15.9 Å². The van der Waals surface area contributed by atoms with Crippen molar-refractivity contribution in [2.75, 3.05) is 17.7 Å². The summed E-state index contributed by atoms with van der Waals surface area (Å²) in [6.45, 7) is 2.20. The molecule has 0 atom stereocenters. The van der Waals surface area contributed by atoms with Crippen molar-refractivity contribution in [3.8, 4) is 0 Å². The lowest BCUT2D eigenvalue weighted by molar-refractivity contribution is 0.185. The van der Waals surface area contributed by atoms with Gasteiger partial charge in [-0.25, -0.2) is 4.98 Å². The van der Waals surface area contributed by atoms with E-state index >= 15 is 0 Å². The Hall–Kier alpha value is -0.880. The van der Waals surface area contributed by atoms with Crippen molar-refractivity contribution < 1.29 is 5.11 Å². The van der Waals surface area contributed by atoms with Crippen LogP contribution in [0.2, 0.25) is 0 Å². The standard InChI is InChI=1S/C12H19BrN4O/c1-7-10(13)11(17-12(14)15-7)16-9-4-2-8(6-18)3-5-9/h8-9,18H,2-6H2,1H3,(H3,14,15,16,17). The molecule has 5 nitrogen and oxygen atoms in total. The van der Waals surface area contributed by atoms with E-state index in [9.17, 15) is 0 Å². The number of anilines is 2. The molecule has 0 aromatic carbocycles. The van der Waals surface area contributed by atoms with Crippen LogP contribution in [0.3, 0.4) is 0 Å². The molecule has 1 aromatic heterocycles. The molecule has 0 spiro atoms. The molecule has 1 aliphatic carbocycles. The minimum absolute atomic E-state index is 0.294. The molecule has 0 bridgehead atoms. The third-order valence-electron chi connectivity index (χ3n) is 3.48. The fourth-order valence-corrected chi connectivity index (χ4v) is 2.65. The number of nitrogen functional groups attached to an aromatic ring is 1. The number of nitrogens with one attached hydrogen (secondary N) is 1. The molecular weight excluding hydrogens is 296 g/mol. The lowest BCUT2D eigenvalue weighted by atomic mass is 9.86. The average molecular weight is 315 g/mol.